The summed E-state index contributed by atoms with van der Waals surface area (Å²) >= 11 is 0. The second-order valence-electron chi connectivity index (χ2n) is 4.66. The van der Waals surface area contributed by atoms with Crippen LogP contribution in [0.25, 0.3) is 0 Å². The second-order valence-corrected chi connectivity index (χ2v) is 4.66. The van der Waals surface area contributed by atoms with Gasteiger partial charge in [0, 0.05) is 26.2 Å². The van der Waals surface area contributed by atoms with Gasteiger partial charge in [-0.25, -0.2) is 0 Å². The average Bonchev–Trinajstić information content (AvgIpc) is 2.47. The molecule has 0 aromatic heterocycles. The molecule has 3 nitrogen and oxygen atoms in total. The lowest BCUT2D eigenvalue weighted by molar-refractivity contribution is 0.0920. The van der Waals surface area contributed by atoms with Crippen molar-refractivity contribution in [3.05, 3.63) is 0 Å². The molecule has 1 N–H and O–H groups in total. The first-order valence-corrected chi connectivity index (χ1v) is 6.02. The predicted octanol–water partition coefficient (Wildman–Crippen LogP) is 0.724. The van der Waals surface area contributed by atoms with Gasteiger partial charge in [0.05, 0.1) is 6.17 Å². The van der Waals surface area contributed by atoms with E-state index in [0.717, 1.165) is 0 Å². The summed E-state index contributed by atoms with van der Waals surface area (Å²) in [6.07, 6.45) is 6.21. The Hall–Kier alpha value is -0.120. The molecule has 0 bridgehead atoms. The number of piperazine rings is 1. The Morgan fingerprint density at radius 2 is 1.79 bits per heavy atom. The standard InChI is InChI=1S/C11H23N3/c1-13-7-9-14(10-8-13)11-5-3-2-4-6-12-11/h11-12H,2-10H2,1H3. The molecule has 2 rings (SSSR count). The molecule has 1 atom stereocenters. The molecule has 2 aliphatic heterocycles. The normalized spacial score (nSPS) is 32.8. The van der Waals surface area contributed by atoms with E-state index in [9.17, 15) is 0 Å². The number of nitrogens with one attached hydrogen (secondary N) is 1. The number of nitrogens with zero attached hydrogens (tertiary/aromatic N) is 2. The van der Waals surface area contributed by atoms with Crippen LogP contribution in [0.2, 0.25) is 0 Å². The number of hydrogen-bond acceptors (Lipinski definition) is 3. The van der Waals surface area contributed by atoms with Gasteiger partial charge in [0.25, 0.3) is 0 Å². The zero-order chi connectivity index (χ0) is 9.80. The molecule has 0 spiro atoms. The van der Waals surface area contributed by atoms with Gasteiger partial charge >= 0.3 is 0 Å². The highest BCUT2D eigenvalue weighted by molar-refractivity contribution is 4.77. The third-order valence-electron chi connectivity index (χ3n) is 3.51. The maximum atomic E-state index is 3.67. The summed E-state index contributed by atoms with van der Waals surface area (Å²) in [6, 6.07) is 0. The fraction of sp³-hybridized carbons (Fsp3) is 1.00. The van der Waals surface area contributed by atoms with E-state index in [4.69, 9.17) is 0 Å². The van der Waals surface area contributed by atoms with Crippen LogP contribution in [-0.4, -0.2) is 55.7 Å². The SMILES string of the molecule is CN1CCN(C2CCCCCN2)CC1. The maximum Gasteiger partial charge on any atom is 0.0597 e. The van der Waals surface area contributed by atoms with Gasteiger partial charge in [0.2, 0.25) is 0 Å². The molecule has 0 amide bonds. The third kappa shape index (κ3) is 2.69. The minimum atomic E-state index is 0.672. The fourth-order valence-corrected chi connectivity index (χ4v) is 2.46. The molecule has 0 aliphatic carbocycles. The van der Waals surface area contributed by atoms with Crippen molar-refractivity contribution >= 4 is 0 Å². The molecular weight excluding hydrogens is 174 g/mol. The Morgan fingerprint density at radius 3 is 2.57 bits per heavy atom. The van der Waals surface area contributed by atoms with Crippen LogP contribution in [0.4, 0.5) is 0 Å². The molecule has 2 fully saturated rings. The summed E-state index contributed by atoms with van der Waals surface area (Å²) in [4.78, 5) is 5.05. The van der Waals surface area contributed by atoms with Crippen molar-refractivity contribution in [1.82, 2.24) is 15.1 Å². The Kier molecular flexibility index (Phi) is 3.79. The van der Waals surface area contributed by atoms with E-state index >= 15 is 0 Å². The molecule has 14 heavy (non-hydrogen) atoms. The van der Waals surface area contributed by atoms with E-state index < -0.39 is 0 Å². The molecule has 0 saturated carbocycles. The van der Waals surface area contributed by atoms with Crippen molar-refractivity contribution in [2.75, 3.05) is 39.8 Å². The van der Waals surface area contributed by atoms with Gasteiger partial charge in [-0.2, -0.15) is 0 Å². The van der Waals surface area contributed by atoms with Gasteiger partial charge in [-0.1, -0.05) is 12.8 Å². The molecule has 0 aromatic carbocycles. The van der Waals surface area contributed by atoms with Crippen LogP contribution in [0.1, 0.15) is 25.7 Å². The van der Waals surface area contributed by atoms with Crippen LogP contribution in [0, 0.1) is 0 Å². The van der Waals surface area contributed by atoms with Gasteiger partial charge in [-0.3, -0.25) is 4.90 Å². The smallest absolute Gasteiger partial charge is 0.0597 e. The molecule has 0 radical (unpaired) electrons. The van der Waals surface area contributed by atoms with E-state index in [1.807, 2.05) is 0 Å². The topological polar surface area (TPSA) is 18.5 Å². The molecule has 2 saturated heterocycles. The summed E-state index contributed by atoms with van der Waals surface area (Å²) in [5.41, 5.74) is 0. The summed E-state index contributed by atoms with van der Waals surface area (Å²) in [5, 5.41) is 3.67. The summed E-state index contributed by atoms with van der Waals surface area (Å²) in [7, 11) is 2.22. The third-order valence-corrected chi connectivity index (χ3v) is 3.51. The van der Waals surface area contributed by atoms with E-state index in [1.165, 1.54) is 58.4 Å². The van der Waals surface area contributed by atoms with Gasteiger partial charge in [-0.15, -0.1) is 0 Å². The largest absolute Gasteiger partial charge is 0.304 e. The molecular formula is C11H23N3. The van der Waals surface area contributed by atoms with Crippen molar-refractivity contribution in [2.45, 2.75) is 31.8 Å². The molecule has 2 aliphatic rings. The summed E-state index contributed by atoms with van der Waals surface area (Å²) < 4.78 is 0. The fourth-order valence-electron chi connectivity index (χ4n) is 2.46. The lowest BCUT2D eigenvalue weighted by Gasteiger charge is -2.37. The first kappa shape index (κ1) is 10.4. The van der Waals surface area contributed by atoms with Crippen LogP contribution >= 0.6 is 0 Å². The lowest BCUT2D eigenvalue weighted by atomic mass is 10.2. The van der Waals surface area contributed by atoms with Crippen LogP contribution in [-0.2, 0) is 0 Å². The number of likely N-dealkylation sites (N-methyl/N-ethyl adjacent to an activating group) is 1. The van der Waals surface area contributed by atoms with Crippen molar-refractivity contribution in [3.63, 3.8) is 0 Å². The highest BCUT2D eigenvalue weighted by Crippen LogP contribution is 2.13. The highest BCUT2D eigenvalue weighted by Gasteiger charge is 2.22. The Morgan fingerprint density at radius 1 is 1.00 bits per heavy atom. The van der Waals surface area contributed by atoms with Crippen LogP contribution in [0.15, 0.2) is 0 Å². The van der Waals surface area contributed by atoms with E-state index in [1.54, 1.807) is 0 Å². The van der Waals surface area contributed by atoms with Gasteiger partial charge in [0.1, 0.15) is 0 Å². The van der Waals surface area contributed by atoms with E-state index in [-0.39, 0.29) is 0 Å². The summed E-state index contributed by atoms with van der Waals surface area (Å²) in [6.45, 7) is 6.18. The van der Waals surface area contributed by atoms with Crippen LogP contribution < -0.4 is 5.32 Å². The Labute approximate surface area is 87.4 Å². The highest BCUT2D eigenvalue weighted by atomic mass is 15.3. The maximum absolute atomic E-state index is 3.67. The zero-order valence-corrected chi connectivity index (χ0v) is 9.34. The first-order chi connectivity index (χ1) is 6.86. The first-order valence-electron chi connectivity index (χ1n) is 6.02. The predicted molar refractivity (Wildman–Crippen MR) is 59.3 cm³/mol. The summed E-state index contributed by atoms with van der Waals surface area (Å²) in [5.74, 6) is 0. The van der Waals surface area contributed by atoms with E-state index in [0.29, 0.717) is 6.17 Å². The number of rotatable bonds is 1. The van der Waals surface area contributed by atoms with Gasteiger partial charge in [0.15, 0.2) is 0 Å². The van der Waals surface area contributed by atoms with Crippen molar-refractivity contribution in [2.24, 2.45) is 0 Å². The molecule has 3 heteroatoms. The average molecular weight is 197 g/mol. The van der Waals surface area contributed by atoms with Crippen LogP contribution in [0.3, 0.4) is 0 Å². The van der Waals surface area contributed by atoms with Crippen LogP contribution in [0.5, 0.6) is 0 Å². The van der Waals surface area contributed by atoms with E-state index in [2.05, 4.69) is 22.2 Å². The number of hydrogen-bond donors (Lipinski definition) is 1. The molecule has 82 valence electrons. The minimum Gasteiger partial charge on any atom is -0.304 e. The molecule has 2 heterocycles. The molecule has 1 unspecified atom stereocenters. The van der Waals surface area contributed by atoms with Gasteiger partial charge in [-0.05, 0) is 26.4 Å². The zero-order valence-electron chi connectivity index (χ0n) is 9.34. The second kappa shape index (κ2) is 5.10. The lowest BCUT2D eigenvalue weighted by Crippen LogP contribution is -2.53. The minimum absolute atomic E-state index is 0.672. The monoisotopic (exact) mass is 197 g/mol. The van der Waals surface area contributed by atoms with Crippen molar-refractivity contribution in [3.8, 4) is 0 Å². The van der Waals surface area contributed by atoms with Gasteiger partial charge < -0.3 is 10.2 Å². The Balaban J connectivity index is 1.81. The van der Waals surface area contributed by atoms with Crippen molar-refractivity contribution < 1.29 is 0 Å². The van der Waals surface area contributed by atoms with Crippen molar-refractivity contribution in [1.29, 1.82) is 0 Å². The Bertz CT molecular complexity index is 156. The molecule has 0 aromatic rings. The quantitative estimate of drug-likeness (QED) is 0.668.